The Hall–Kier alpha value is -2.36. The lowest BCUT2D eigenvalue weighted by molar-refractivity contribution is -0.121. The molecule has 1 aliphatic heterocycles. The van der Waals surface area contributed by atoms with E-state index >= 15 is 0 Å². The SMILES string of the molecule is O=C(Cc1ccc(F)cc1)NC1CNc2ccccc2C1. The Morgan fingerprint density at radius 1 is 1.19 bits per heavy atom. The van der Waals surface area contributed by atoms with Crippen LogP contribution < -0.4 is 10.6 Å². The molecule has 1 aliphatic rings. The minimum absolute atomic E-state index is 0.0345. The van der Waals surface area contributed by atoms with Gasteiger partial charge >= 0.3 is 0 Å². The molecule has 108 valence electrons. The third-order valence-corrected chi connectivity index (χ3v) is 3.67. The molecule has 0 aliphatic carbocycles. The van der Waals surface area contributed by atoms with E-state index in [1.165, 1.54) is 17.7 Å². The molecule has 2 aromatic rings. The number of carbonyl (C=O) groups excluding carboxylic acids is 1. The van der Waals surface area contributed by atoms with Gasteiger partial charge in [-0.2, -0.15) is 0 Å². The summed E-state index contributed by atoms with van der Waals surface area (Å²) in [5, 5.41) is 6.35. The van der Waals surface area contributed by atoms with E-state index in [9.17, 15) is 9.18 Å². The average molecular weight is 284 g/mol. The van der Waals surface area contributed by atoms with E-state index in [1.807, 2.05) is 18.2 Å². The van der Waals surface area contributed by atoms with Crippen LogP contribution in [0.3, 0.4) is 0 Å². The summed E-state index contributed by atoms with van der Waals surface area (Å²) in [6.45, 7) is 0.728. The maximum atomic E-state index is 12.8. The Morgan fingerprint density at radius 3 is 2.76 bits per heavy atom. The number of carbonyl (C=O) groups is 1. The normalized spacial score (nSPS) is 16.7. The molecule has 4 heteroatoms. The number of anilines is 1. The lowest BCUT2D eigenvalue weighted by atomic mass is 9.99. The van der Waals surface area contributed by atoms with Gasteiger partial charge in [0.25, 0.3) is 0 Å². The number of nitrogens with one attached hydrogen (secondary N) is 2. The largest absolute Gasteiger partial charge is 0.383 e. The summed E-state index contributed by atoms with van der Waals surface area (Å²) in [6, 6.07) is 14.2. The highest BCUT2D eigenvalue weighted by Gasteiger charge is 2.19. The number of amides is 1. The lowest BCUT2D eigenvalue weighted by Gasteiger charge is -2.27. The van der Waals surface area contributed by atoms with Crippen molar-refractivity contribution < 1.29 is 9.18 Å². The number of para-hydroxylation sites is 1. The lowest BCUT2D eigenvalue weighted by Crippen LogP contribution is -2.44. The second kappa shape index (κ2) is 5.95. The summed E-state index contributed by atoms with van der Waals surface area (Å²) in [7, 11) is 0. The highest BCUT2D eigenvalue weighted by Crippen LogP contribution is 2.21. The summed E-state index contributed by atoms with van der Waals surface area (Å²) in [4.78, 5) is 12.0. The van der Waals surface area contributed by atoms with Crippen molar-refractivity contribution in [3.05, 3.63) is 65.5 Å². The fourth-order valence-corrected chi connectivity index (χ4v) is 2.61. The van der Waals surface area contributed by atoms with E-state index in [0.717, 1.165) is 24.2 Å². The van der Waals surface area contributed by atoms with E-state index in [4.69, 9.17) is 0 Å². The summed E-state index contributed by atoms with van der Waals surface area (Å²) in [5.74, 6) is -0.319. The first-order valence-corrected chi connectivity index (χ1v) is 7.06. The number of halogens is 1. The molecule has 1 unspecified atom stereocenters. The Labute approximate surface area is 123 Å². The maximum Gasteiger partial charge on any atom is 0.224 e. The average Bonchev–Trinajstić information content (AvgIpc) is 2.49. The molecule has 1 heterocycles. The van der Waals surface area contributed by atoms with Gasteiger partial charge in [0, 0.05) is 12.2 Å². The molecule has 3 nitrogen and oxygen atoms in total. The van der Waals surface area contributed by atoms with E-state index in [0.29, 0.717) is 0 Å². The van der Waals surface area contributed by atoms with Gasteiger partial charge in [-0.15, -0.1) is 0 Å². The summed E-state index contributed by atoms with van der Waals surface area (Å²) in [6.07, 6.45) is 1.11. The van der Waals surface area contributed by atoms with Gasteiger partial charge in [-0.3, -0.25) is 4.79 Å². The summed E-state index contributed by atoms with van der Waals surface area (Å²) in [5.41, 5.74) is 3.18. The Kier molecular flexibility index (Phi) is 3.86. The van der Waals surface area contributed by atoms with Crippen molar-refractivity contribution in [2.24, 2.45) is 0 Å². The predicted molar refractivity (Wildman–Crippen MR) is 80.7 cm³/mol. The second-order valence-electron chi connectivity index (χ2n) is 5.31. The predicted octanol–water partition coefficient (Wildman–Crippen LogP) is 2.52. The standard InChI is InChI=1S/C17H17FN2O/c18-14-7-5-12(6-8-14)9-17(21)20-15-10-13-3-1-2-4-16(13)19-11-15/h1-8,15,19H,9-11H2,(H,20,21). The first-order valence-electron chi connectivity index (χ1n) is 7.06. The van der Waals surface area contributed by atoms with Gasteiger partial charge in [-0.05, 0) is 35.7 Å². The van der Waals surface area contributed by atoms with Crippen molar-refractivity contribution in [2.75, 3.05) is 11.9 Å². The van der Waals surface area contributed by atoms with Crippen molar-refractivity contribution in [1.29, 1.82) is 0 Å². The highest BCUT2D eigenvalue weighted by atomic mass is 19.1. The molecule has 0 spiro atoms. The maximum absolute atomic E-state index is 12.8. The Morgan fingerprint density at radius 2 is 1.95 bits per heavy atom. The van der Waals surface area contributed by atoms with Crippen LogP contribution in [0.15, 0.2) is 48.5 Å². The molecule has 0 fully saturated rings. The van der Waals surface area contributed by atoms with Gasteiger partial charge < -0.3 is 10.6 Å². The van der Waals surface area contributed by atoms with Gasteiger partial charge in [0.1, 0.15) is 5.82 Å². The first-order chi connectivity index (χ1) is 10.2. The van der Waals surface area contributed by atoms with E-state index in [-0.39, 0.29) is 24.2 Å². The van der Waals surface area contributed by atoms with E-state index < -0.39 is 0 Å². The van der Waals surface area contributed by atoms with Crippen LogP contribution in [-0.4, -0.2) is 18.5 Å². The molecule has 3 rings (SSSR count). The van der Waals surface area contributed by atoms with Crippen molar-refractivity contribution in [2.45, 2.75) is 18.9 Å². The van der Waals surface area contributed by atoms with Crippen molar-refractivity contribution in [3.63, 3.8) is 0 Å². The minimum Gasteiger partial charge on any atom is -0.383 e. The van der Waals surface area contributed by atoms with Crippen molar-refractivity contribution in [1.82, 2.24) is 5.32 Å². The minimum atomic E-state index is -0.285. The quantitative estimate of drug-likeness (QED) is 0.909. The smallest absolute Gasteiger partial charge is 0.224 e. The fourth-order valence-electron chi connectivity index (χ4n) is 2.61. The van der Waals surface area contributed by atoms with Crippen LogP contribution in [0.2, 0.25) is 0 Å². The number of rotatable bonds is 3. The number of hydrogen-bond acceptors (Lipinski definition) is 2. The highest BCUT2D eigenvalue weighted by molar-refractivity contribution is 5.79. The Balaban J connectivity index is 1.57. The van der Waals surface area contributed by atoms with Crippen LogP contribution in [0.4, 0.5) is 10.1 Å². The molecule has 21 heavy (non-hydrogen) atoms. The molecule has 0 aromatic heterocycles. The Bertz CT molecular complexity index is 639. The van der Waals surface area contributed by atoms with E-state index in [1.54, 1.807) is 12.1 Å². The molecule has 0 radical (unpaired) electrons. The van der Waals surface area contributed by atoms with Crippen LogP contribution >= 0.6 is 0 Å². The molecule has 2 N–H and O–H groups in total. The molecule has 1 atom stereocenters. The topological polar surface area (TPSA) is 41.1 Å². The molecule has 2 aromatic carbocycles. The van der Waals surface area contributed by atoms with E-state index in [2.05, 4.69) is 16.7 Å². The van der Waals surface area contributed by atoms with Gasteiger partial charge in [-0.1, -0.05) is 30.3 Å². The summed E-state index contributed by atoms with van der Waals surface area (Å²) < 4.78 is 12.8. The number of benzene rings is 2. The molecular weight excluding hydrogens is 267 g/mol. The van der Waals surface area contributed by atoms with Crippen molar-refractivity contribution in [3.8, 4) is 0 Å². The molecule has 0 saturated carbocycles. The van der Waals surface area contributed by atoms with Crippen LogP contribution in [-0.2, 0) is 17.6 Å². The molecule has 1 amide bonds. The molecular formula is C17H17FN2O. The van der Waals surface area contributed by atoms with Gasteiger partial charge in [-0.25, -0.2) is 4.39 Å². The zero-order valence-corrected chi connectivity index (χ0v) is 11.6. The van der Waals surface area contributed by atoms with Crippen LogP contribution in [0.1, 0.15) is 11.1 Å². The second-order valence-corrected chi connectivity index (χ2v) is 5.31. The van der Waals surface area contributed by atoms with Crippen LogP contribution in [0.5, 0.6) is 0 Å². The number of fused-ring (bicyclic) bond motifs is 1. The van der Waals surface area contributed by atoms with Crippen LogP contribution in [0.25, 0.3) is 0 Å². The van der Waals surface area contributed by atoms with Crippen molar-refractivity contribution >= 4 is 11.6 Å². The molecule has 0 bridgehead atoms. The zero-order valence-electron chi connectivity index (χ0n) is 11.6. The van der Waals surface area contributed by atoms with Gasteiger partial charge in [0.15, 0.2) is 0 Å². The third-order valence-electron chi connectivity index (χ3n) is 3.67. The van der Waals surface area contributed by atoms with Gasteiger partial charge in [0.2, 0.25) is 5.91 Å². The fraction of sp³-hybridized carbons (Fsp3) is 0.235. The third kappa shape index (κ3) is 3.40. The van der Waals surface area contributed by atoms with Gasteiger partial charge in [0.05, 0.1) is 12.5 Å². The molecule has 0 saturated heterocycles. The zero-order chi connectivity index (χ0) is 14.7. The number of hydrogen-bond donors (Lipinski definition) is 2. The summed E-state index contributed by atoms with van der Waals surface area (Å²) >= 11 is 0. The van der Waals surface area contributed by atoms with Crippen LogP contribution in [0, 0.1) is 5.82 Å². The first kappa shape index (κ1) is 13.6. The monoisotopic (exact) mass is 284 g/mol.